The van der Waals surface area contributed by atoms with E-state index >= 15 is 0 Å². The second-order valence-electron chi connectivity index (χ2n) is 15.1. The summed E-state index contributed by atoms with van der Waals surface area (Å²) in [7, 11) is 0. The van der Waals surface area contributed by atoms with Gasteiger partial charge in [0.15, 0.2) is 5.78 Å². The monoisotopic (exact) mass is 626 g/mol. The van der Waals surface area contributed by atoms with E-state index in [1.807, 2.05) is 25.3 Å². The number of aromatic amines is 1. The number of carbonyl (C=O) groups excluding carboxylic acids is 1. The fourth-order valence-corrected chi connectivity index (χ4v) is 9.72. The van der Waals surface area contributed by atoms with Gasteiger partial charge in [0.25, 0.3) is 5.56 Å². The molecule has 3 fully saturated rings. The minimum atomic E-state index is 0.00344. The molecule has 2 saturated carbocycles. The van der Waals surface area contributed by atoms with Crippen molar-refractivity contribution in [1.29, 1.82) is 0 Å². The highest BCUT2D eigenvalue weighted by Gasteiger charge is 2.54. The Labute approximate surface area is 274 Å². The molecule has 4 aliphatic carbocycles. The number of piperazine rings is 1. The SMILES string of the molecule is CCc1cc2ncc(CN3CCN(CCCCCCO[C@H]4CC[C@H]5[C@@H]6CCC7=CC(=O)CCC7=C6CC[C@]45C)CC3)cc2[nH]c1=O. The van der Waals surface area contributed by atoms with Crippen molar-refractivity contribution in [2.45, 2.75) is 110 Å². The first-order chi connectivity index (χ1) is 22.4. The number of fused-ring (bicyclic) bond motifs is 5. The lowest BCUT2D eigenvalue weighted by atomic mass is 9.57. The maximum atomic E-state index is 12.2. The van der Waals surface area contributed by atoms with Crippen LogP contribution in [0.4, 0.5) is 0 Å². The minimum Gasteiger partial charge on any atom is -0.378 e. The van der Waals surface area contributed by atoms with Crippen molar-refractivity contribution in [2.24, 2.45) is 17.3 Å². The predicted octanol–water partition coefficient (Wildman–Crippen LogP) is 6.75. The maximum Gasteiger partial charge on any atom is 0.251 e. The summed E-state index contributed by atoms with van der Waals surface area (Å²) in [4.78, 5) is 37.0. The van der Waals surface area contributed by atoms with Crippen molar-refractivity contribution < 1.29 is 9.53 Å². The first kappa shape index (κ1) is 32.0. The number of unbranched alkanes of at least 4 members (excludes halogenated alkanes) is 3. The third-order valence-corrected chi connectivity index (χ3v) is 12.4. The Bertz CT molecular complexity index is 1550. The molecule has 4 atom stereocenters. The maximum absolute atomic E-state index is 12.2. The van der Waals surface area contributed by atoms with Crippen LogP contribution in [-0.2, 0) is 22.5 Å². The van der Waals surface area contributed by atoms with Gasteiger partial charge in [-0.2, -0.15) is 0 Å². The van der Waals surface area contributed by atoms with Gasteiger partial charge in [0.1, 0.15) is 0 Å². The van der Waals surface area contributed by atoms with Gasteiger partial charge >= 0.3 is 0 Å². The molecule has 2 aromatic heterocycles. The quantitative estimate of drug-likeness (QED) is 0.278. The molecular weight excluding hydrogens is 572 g/mol. The third-order valence-electron chi connectivity index (χ3n) is 12.4. The predicted molar refractivity (Wildman–Crippen MR) is 184 cm³/mol. The van der Waals surface area contributed by atoms with E-state index in [0.717, 1.165) is 93.4 Å². The molecule has 7 heteroatoms. The molecule has 3 heterocycles. The Morgan fingerprint density at radius 2 is 1.78 bits per heavy atom. The standard InChI is InChI=1S/C39H54N4O3/c1-3-28-24-35-36(41-38(28)45)22-27(25-40-35)26-43-19-17-42(18-20-43)16-6-4-5-7-21-46-37-13-12-34-33-10-8-29-23-30(44)9-11-31(29)32(33)14-15-39(34,37)2/h22-25,33-34,37H,3-21,26H2,1-2H3,(H,41,45)/t33-,34+,37+,39+/m1/s1. The van der Waals surface area contributed by atoms with Gasteiger partial charge in [-0.1, -0.05) is 32.3 Å². The van der Waals surface area contributed by atoms with Crippen LogP contribution in [-0.4, -0.2) is 71.0 Å². The number of aromatic nitrogens is 2. The molecule has 0 unspecified atom stereocenters. The number of ether oxygens (including phenoxy) is 1. The van der Waals surface area contributed by atoms with E-state index < -0.39 is 0 Å². The molecule has 0 spiro atoms. The van der Waals surface area contributed by atoms with E-state index in [-0.39, 0.29) is 5.56 Å². The molecule has 2 aromatic rings. The summed E-state index contributed by atoms with van der Waals surface area (Å²) in [6.07, 6.45) is 19.1. The number of ketones is 1. The Morgan fingerprint density at radius 1 is 0.957 bits per heavy atom. The summed E-state index contributed by atoms with van der Waals surface area (Å²) in [5.74, 6) is 1.83. The van der Waals surface area contributed by atoms with E-state index in [9.17, 15) is 9.59 Å². The molecule has 1 saturated heterocycles. The molecule has 248 valence electrons. The zero-order chi connectivity index (χ0) is 31.7. The van der Waals surface area contributed by atoms with Crippen LogP contribution in [0.25, 0.3) is 11.0 Å². The van der Waals surface area contributed by atoms with Crippen LogP contribution in [0.15, 0.2) is 45.9 Å². The van der Waals surface area contributed by atoms with Crippen LogP contribution < -0.4 is 5.56 Å². The summed E-state index contributed by atoms with van der Waals surface area (Å²) in [5, 5.41) is 0. The molecule has 0 bridgehead atoms. The average molecular weight is 627 g/mol. The topological polar surface area (TPSA) is 78.5 Å². The average Bonchev–Trinajstić information content (AvgIpc) is 3.40. The molecule has 1 N–H and O–H groups in total. The van der Waals surface area contributed by atoms with Gasteiger partial charge in [0.2, 0.25) is 0 Å². The highest BCUT2D eigenvalue weighted by molar-refractivity contribution is 5.93. The van der Waals surface area contributed by atoms with Gasteiger partial charge in [-0.3, -0.25) is 19.5 Å². The van der Waals surface area contributed by atoms with Crippen molar-refractivity contribution in [2.75, 3.05) is 39.3 Å². The number of rotatable bonds is 11. The second kappa shape index (κ2) is 13.9. The fourth-order valence-electron chi connectivity index (χ4n) is 9.72. The highest BCUT2D eigenvalue weighted by atomic mass is 16.5. The summed E-state index contributed by atoms with van der Waals surface area (Å²) >= 11 is 0. The van der Waals surface area contributed by atoms with Gasteiger partial charge in [0.05, 0.1) is 17.1 Å². The van der Waals surface area contributed by atoms with E-state index in [4.69, 9.17) is 4.74 Å². The van der Waals surface area contributed by atoms with E-state index in [1.54, 1.807) is 11.1 Å². The van der Waals surface area contributed by atoms with Crippen LogP contribution in [0.2, 0.25) is 0 Å². The van der Waals surface area contributed by atoms with Crippen molar-refractivity contribution in [3.63, 3.8) is 0 Å². The zero-order valence-electron chi connectivity index (χ0n) is 28.2. The number of hydrogen-bond donors (Lipinski definition) is 1. The first-order valence-electron chi connectivity index (χ1n) is 18.4. The van der Waals surface area contributed by atoms with Crippen molar-refractivity contribution >= 4 is 16.8 Å². The van der Waals surface area contributed by atoms with Crippen LogP contribution in [0, 0.1) is 17.3 Å². The van der Waals surface area contributed by atoms with Crippen molar-refractivity contribution in [3.8, 4) is 0 Å². The smallest absolute Gasteiger partial charge is 0.251 e. The lowest BCUT2D eigenvalue weighted by Crippen LogP contribution is -2.46. The van der Waals surface area contributed by atoms with Gasteiger partial charge < -0.3 is 14.6 Å². The molecular formula is C39H54N4O3. The lowest BCUT2D eigenvalue weighted by molar-refractivity contribution is -0.114. The third kappa shape index (κ3) is 6.57. The van der Waals surface area contributed by atoms with Gasteiger partial charge in [-0.05, 0) is 123 Å². The highest BCUT2D eigenvalue weighted by Crippen LogP contribution is 2.60. The number of pyridine rings is 2. The van der Waals surface area contributed by atoms with Crippen LogP contribution in [0.1, 0.15) is 102 Å². The van der Waals surface area contributed by atoms with E-state index in [1.165, 1.54) is 75.5 Å². The van der Waals surface area contributed by atoms with Crippen molar-refractivity contribution in [3.05, 3.63) is 62.6 Å². The summed E-state index contributed by atoms with van der Waals surface area (Å²) in [6.45, 7) is 11.9. The largest absolute Gasteiger partial charge is 0.378 e. The number of nitrogens with zero attached hydrogens (tertiary/aromatic N) is 3. The Kier molecular flexibility index (Phi) is 9.63. The second-order valence-corrected chi connectivity index (χ2v) is 15.1. The van der Waals surface area contributed by atoms with E-state index in [0.29, 0.717) is 17.3 Å². The zero-order valence-corrected chi connectivity index (χ0v) is 28.2. The lowest BCUT2D eigenvalue weighted by Gasteiger charge is -2.49. The molecule has 7 rings (SSSR count). The normalized spacial score (nSPS) is 28.7. The van der Waals surface area contributed by atoms with Gasteiger partial charge in [-0.25, -0.2) is 0 Å². The molecule has 46 heavy (non-hydrogen) atoms. The van der Waals surface area contributed by atoms with Crippen LogP contribution >= 0.6 is 0 Å². The number of hydrogen-bond acceptors (Lipinski definition) is 6. The number of carbonyl (C=O) groups is 1. The van der Waals surface area contributed by atoms with Gasteiger partial charge in [0, 0.05) is 57.5 Å². The Balaban J connectivity index is 0.788. The summed E-state index contributed by atoms with van der Waals surface area (Å²) < 4.78 is 6.66. The van der Waals surface area contributed by atoms with Crippen LogP contribution in [0.5, 0.6) is 0 Å². The number of aryl methyl sites for hydroxylation is 1. The number of H-pyrrole nitrogens is 1. The molecule has 5 aliphatic rings. The molecule has 0 amide bonds. The molecule has 1 aliphatic heterocycles. The molecule has 0 radical (unpaired) electrons. The van der Waals surface area contributed by atoms with Gasteiger partial charge in [-0.15, -0.1) is 0 Å². The molecule has 0 aromatic carbocycles. The number of nitrogens with one attached hydrogen (secondary N) is 1. The van der Waals surface area contributed by atoms with E-state index in [2.05, 4.69) is 32.8 Å². The summed E-state index contributed by atoms with van der Waals surface area (Å²) in [5.41, 5.74) is 8.67. The summed E-state index contributed by atoms with van der Waals surface area (Å²) in [6, 6.07) is 4.02. The Morgan fingerprint density at radius 3 is 2.63 bits per heavy atom. The Hall–Kier alpha value is -2.61. The van der Waals surface area contributed by atoms with Crippen LogP contribution in [0.3, 0.4) is 0 Å². The van der Waals surface area contributed by atoms with Crippen molar-refractivity contribution in [1.82, 2.24) is 19.8 Å². The minimum absolute atomic E-state index is 0.00344. The number of allylic oxidation sites excluding steroid dienone is 4. The molecule has 7 nitrogen and oxygen atoms in total. The first-order valence-corrected chi connectivity index (χ1v) is 18.4. The fraction of sp³-hybridized carbons (Fsp3) is 0.667.